The summed E-state index contributed by atoms with van der Waals surface area (Å²) in [5, 5.41) is 8.16. The zero-order valence-electron chi connectivity index (χ0n) is 6.88. The molecule has 4 heteroatoms. The number of hydrogen-bond donors (Lipinski definition) is 1. The lowest BCUT2D eigenvalue weighted by molar-refractivity contribution is -0.150. The van der Waals surface area contributed by atoms with E-state index in [0.29, 0.717) is 0 Å². The molecule has 0 unspecified atom stereocenters. The molecule has 52 valence electrons. The van der Waals surface area contributed by atoms with E-state index in [1.54, 1.807) is 0 Å². The summed E-state index contributed by atoms with van der Waals surface area (Å²) in [6.07, 6.45) is -2.93. The highest BCUT2D eigenvalue weighted by Gasteiger charge is 2.06. The zero-order chi connectivity index (χ0) is 9.07. The van der Waals surface area contributed by atoms with Gasteiger partial charge in [0.2, 0.25) is 0 Å². The third-order valence-corrected chi connectivity index (χ3v) is 0.484. The second-order valence-corrected chi connectivity index (χ2v) is 1.15. The van der Waals surface area contributed by atoms with Gasteiger partial charge < -0.3 is 9.84 Å². The van der Waals surface area contributed by atoms with Crippen LogP contribution in [0, 0.1) is 0 Å². The number of carbonyl (C=O) groups is 2. The van der Waals surface area contributed by atoms with E-state index in [2.05, 4.69) is 4.74 Å². The van der Waals surface area contributed by atoms with E-state index >= 15 is 0 Å². The Kier molecular flexibility index (Phi) is 2.06. The van der Waals surface area contributed by atoms with Crippen molar-refractivity contribution < 1.29 is 22.2 Å². The van der Waals surface area contributed by atoms with Crippen molar-refractivity contribution in [2.24, 2.45) is 0 Å². The minimum atomic E-state index is -2.93. The monoisotopic (exact) mass is 134 g/mol. The summed E-state index contributed by atoms with van der Waals surface area (Å²) >= 11 is 0. The highest BCUT2D eigenvalue weighted by molar-refractivity contribution is 5.90. The molecule has 0 aromatic rings. The van der Waals surface area contributed by atoms with Crippen LogP contribution in [0.25, 0.3) is 0 Å². The molecule has 0 aromatic heterocycles. The quantitative estimate of drug-likeness (QED) is 0.436. The second-order valence-electron chi connectivity index (χ2n) is 1.15. The van der Waals surface area contributed by atoms with Crippen molar-refractivity contribution in [3.8, 4) is 0 Å². The Balaban J connectivity index is 4.30. The molecule has 0 rings (SSSR count). The lowest BCUT2D eigenvalue weighted by Crippen LogP contribution is -2.09. The van der Waals surface area contributed by atoms with Crippen molar-refractivity contribution in [1.82, 2.24) is 0 Å². The average Bonchev–Trinajstić information content (AvgIpc) is 1.88. The third-order valence-electron chi connectivity index (χ3n) is 0.484. The zero-order valence-corrected chi connectivity index (χ0v) is 4.88. The Morgan fingerprint density at radius 1 is 1.78 bits per heavy atom. The van der Waals surface area contributed by atoms with E-state index in [-0.39, 0.29) is 6.61 Å². The van der Waals surface area contributed by atoms with E-state index in [1.807, 2.05) is 0 Å². The summed E-state index contributed by atoms with van der Waals surface area (Å²) in [5.74, 6) is -3.21. The number of carbonyl (C=O) groups excluding carboxylic acids is 1. The smallest absolute Gasteiger partial charge is 0.317 e. The minimum Gasteiger partial charge on any atom is -0.481 e. The maximum atomic E-state index is 10.5. The van der Waals surface area contributed by atoms with Crippen molar-refractivity contribution in [1.29, 1.82) is 0 Å². The van der Waals surface area contributed by atoms with Crippen molar-refractivity contribution in [2.45, 2.75) is 13.3 Å². The lowest BCUT2D eigenvalue weighted by atomic mass is 10.4. The fraction of sp³-hybridized carbons (Fsp3) is 0.600. The summed E-state index contributed by atoms with van der Waals surface area (Å²) < 4.78 is 17.5. The van der Waals surface area contributed by atoms with Crippen molar-refractivity contribution >= 4 is 11.9 Å². The van der Waals surface area contributed by atoms with Gasteiger partial charge in [0.25, 0.3) is 0 Å². The molecule has 0 aliphatic carbocycles. The number of carboxylic acid groups (broad SMARTS) is 1. The Bertz CT molecular complexity index is 177. The standard InChI is InChI=1S/C5H8O4/c1-2-9-5(8)3-4(6)7/h2-3H2,1H3,(H,6,7)/i3D2. The molecule has 0 spiro atoms. The van der Waals surface area contributed by atoms with Gasteiger partial charge in [-0.15, -0.1) is 0 Å². The first-order valence-corrected chi connectivity index (χ1v) is 2.33. The van der Waals surface area contributed by atoms with Gasteiger partial charge in [0.15, 0.2) is 0 Å². The first kappa shape index (κ1) is 4.78. The van der Waals surface area contributed by atoms with Crippen LogP contribution in [0.2, 0.25) is 0 Å². The predicted octanol–water partition coefficient (Wildman–Crippen LogP) is 0.0242. The molecule has 1 N–H and O–H groups in total. The molecule has 0 radical (unpaired) electrons. The molecule has 0 atom stereocenters. The van der Waals surface area contributed by atoms with Crippen LogP contribution in [-0.2, 0) is 14.3 Å². The van der Waals surface area contributed by atoms with Crippen LogP contribution < -0.4 is 0 Å². The van der Waals surface area contributed by atoms with Gasteiger partial charge in [-0.05, 0) is 6.92 Å². The largest absolute Gasteiger partial charge is 0.481 e. The van der Waals surface area contributed by atoms with Crippen molar-refractivity contribution in [2.75, 3.05) is 6.61 Å². The molecule has 0 bridgehead atoms. The Morgan fingerprint density at radius 2 is 2.33 bits per heavy atom. The van der Waals surface area contributed by atoms with E-state index < -0.39 is 18.3 Å². The van der Waals surface area contributed by atoms with Gasteiger partial charge in [-0.3, -0.25) is 9.59 Å². The van der Waals surface area contributed by atoms with Crippen molar-refractivity contribution in [3.63, 3.8) is 0 Å². The molecule has 0 aliphatic heterocycles. The SMILES string of the molecule is [2H]C([2H])(C(=O)O)C(=O)OCC. The summed E-state index contributed by atoms with van der Waals surface area (Å²) in [6, 6.07) is 0. The summed E-state index contributed by atoms with van der Waals surface area (Å²) in [4.78, 5) is 20.6. The topological polar surface area (TPSA) is 63.6 Å². The molecule has 0 saturated heterocycles. The summed E-state index contributed by atoms with van der Waals surface area (Å²) in [7, 11) is 0. The first-order chi connectivity index (χ1) is 4.92. The van der Waals surface area contributed by atoms with Gasteiger partial charge in [-0.1, -0.05) is 0 Å². The van der Waals surface area contributed by atoms with Crippen LogP contribution in [0.4, 0.5) is 0 Å². The Hall–Kier alpha value is -1.06. The Labute approximate surface area is 55.2 Å². The van der Waals surface area contributed by atoms with Gasteiger partial charge >= 0.3 is 11.9 Å². The van der Waals surface area contributed by atoms with Crippen LogP contribution in [-0.4, -0.2) is 23.7 Å². The van der Waals surface area contributed by atoms with Crippen LogP contribution in [0.15, 0.2) is 0 Å². The highest BCUT2D eigenvalue weighted by atomic mass is 16.5. The Morgan fingerprint density at radius 3 is 2.67 bits per heavy atom. The molecule has 0 heterocycles. The normalized spacial score (nSPS) is 13.4. The highest BCUT2D eigenvalue weighted by Crippen LogP contribution is 1.84. The fourth-order valence-corrected chi connectivity index (χ4v) is 0.254. The molecule has 0 aromatic carbocycles. The van der Waals surface area contributed by atoms with E-state index in [0.717, 1.165) is 0 Å². The number of esters is 1. The molecule has 0 aliphatic rings. The second kappa shape index (κ2) is 3.88. The number of rotatable bonds is 3. The molecular formula is C5H8O4. The first-order valence-electron chi connectivity index (χ1n) is 3.33. The van der Waals surface area contributed by atoms with Gasteiger partial charge in [0.05, 0.1) is 9.35 Å². The molecule has 0 fully saturated rings. The third kappa shape index (κ3) is 4.80. The summed E-state index contributed by atoms with van der Waals surface area (Å²) in [6.45, 7) is 1.43. The van der Waals surface area contributed by atoms with Crippen LogP contribution in [0.5, 0.6) is 0 Å². The predicted molar refractivity (Wildman–Crippen MR) is 28.9 cm³/mol. The lowest BCUT2D eigenvalue weighted by Gasteiger charge is -1.95. The summed E-state index contributed by atoms with van der Waals surface area (Å²) in [5.41, 5.74) is 0. The molecule has 0 amide bonds. The maximum absolute atomic E-state index is 10.5. The van der Waals surface area contributed by atoms with Crippen LogP contribution in [0.1, 0.15) is 16.0 Å². The molecule has 0 saturated carbocycles. The molecule has 9 heavy (non-hydrogen) atoms. The molecule has 4 nitrogen and oxygen atoms in total. The number of hydrogen-bond acceptors (Lipinski definition) is 3. The number of aliphatic carboxylic acids is 1. The number of ether oxygens (including phenoxy) is 1. The van der Waals surface area contributed by atoms with Gasteiger partial charge in [-0.25, -0.2) is 0 Å². The van der Waals surface area contributed by atoms with Crippen molar-refractivity contribution in [3.05, 3.63) is 0 Å². The van der Waals surface area contributed by atoms with Gasteiger partial charge in [-0.2, -0.15) is 0 Å². The van der Waals surface area contributed by atoms with Crippen LogP contribution in [0.3, 0.4) is 0 Å². The molecular weight excluding hydrogens is 124 g/mol. The maximum Gasteiger partial charge on any atom is 0.317 e. The minimum absolute atomic E-state index is 0.0361. The van der Waals surface area contributed by atoms with E-state index in [1.165, 1.54) is 6.92 Å². The van der Waals surface area contributed by atoms with Gasteiger partial charge in [0, 0.05) is 0 Å². The average molecular weight is 134 g/mol. The van der Waals surface area contributed by atoms with E-state index in [4.69, 9.17) is 7.85 Å². The fourth-order valence-electron chi connectivity index (χ4n) is 0.254. The van der Waals surface area contributed by atoms with E-state index in [9.17, 15) is 9.59 Å². The van der Waals surface area contributed by atoms with Gasteiger partial charge in [0.1, 0.15) is 6.37 Å². The number of carboxylic acids is 1. The van der Waals surface area contributed by atoms with Crippen LogP contribution >= 0.6 is 0 Å².